The molecule has 0 aliphatic heterocycles. The summed E-state index contributed by atoms with van der Waals surface area (Å²) >= 11 is 0. The molecule has 160 valence electrons. The van der Waals surface area contributed by atoms with E-state index in [4.69, 9.17) is 5.73 Å². The van der Waals surface area contributed by atoms with Crippen molar-refractivity contribution < 1.29 is 0 Å². The predicted molar refractivity (Wildman–Crippen MR) is 136 cm³/mol. The van der Waals surface area contributed by atoms with Crippen molar-refractivity contribution in [3.63, 3.8) is 0 Å². The molecule has 3 aromatic carbocycles. The standard InChI is InChI=1S/C29H29N3/c1-21(30)19-23(22-9-3-2-4-10-22)20-31-24-15-17-25(18-16-24)32-28-13-7-5-11-26(28)27-12-6-8-14-29(27)32/h2-5,7,9-11,13,15-20,31H,6,8,12,14,30H2,1H3/b21-19+,23-20+. The quantitative estimate of drug-likeness (QED) is 0.348. The van der Waals surface area contributed by atoms with Crippen LogP contribution in [0.15, 0.2) is 96.8 Å². The number of aromatic nitrogens is 1. The van der Waals surface area contributed by atoms with Gasteiger partial charge in [0.05, 0.1) is 5.52 Å². The zero-order chi connectivity index (χ0) is 21.9. The van der Waals surface area contributed by atoms with Gasteiger partial charge >= 0.3 is 0 Å². The summed E-state index contributed by atoms with van der Waals surface area (Å²) in [6, 6.07) is 27.8. The highest BCUT2D eigenvalue weighted by Gasteiger charge is 2.20. The highest BCUT2D eigenvalue weighted by atomic mass is 15.0. The minimum absolute atomic E-state index is 0.779. The Hall–Kier alpha value is -3.72. The number of nitrogens with one attached hydrogen (secondary N) is 1. The van der Waals surface area contributed by atoms with E-state index in [1.807, 2.05) is 37.4 Å². The molecule has 0 saturated heterocycles. The molecule has 4 aromatic rings. The molecule has 0 saturated carbocycles. The number of benzene rings is 3. The summed E-state index contributed by atoms with van der Waals surface area (Å²) in [5.74, 6) is 0. The SMILES string of the molecule is C/C(N)=C\C(=C/Nc1ccc(-n2c3c(c4ccccc42)CCCC3)cc1)c1ccccc1. The second-order valence-electron chi connectivity index (χ2n) is 8.53. The Morgan fingerprint density at radius 3 is 2.38 bits per heavy atom. The van der Waals surface area contributed by atoms with E-state index in [0.717, 1.165) is 28.9 Å². The molecule has 1 aliphatic rings. The Kier molecular flexibility index (Phi) is 5.55. The van der Waals surface area contributed by atoms with Gasteiger partial charge in [0.25, 0.3) is 0 Å². The lowest BCUT2D eigenvalue weighted by Crippen LogP contribution is -2.06. The van der Waals surface area contributed by atoms with Gasteiger partial charge in [-0.15, -0.1) is 0 Å². The number of nitrogens with zero attached hydrogens (tertiary/aromatic N) is 1. The summed E-state index contributed by atoms with van der Waals surface area (Å²) < 4.78 is 2.46. The van der Waals surface area contributed by atoms with Gasteiger partial charge < -0.3 is 15.6 Å². The molecule has 0 amide bonds. The van der Waals surface area contributed by atoms with Crippen LogP contribution in [0, 0.1) is 0 Å². The second-order valence-corrected chi connectivity index (χ2v) is 8.53. The van der Waals surface area contributed by atoms with Crippen molar-refractivity contribution in [3.05, 3.63) is 114 Å². The Labute approximate surface area is 189 Å². The third-order valence-corrected chi connectivity index (χ3v) is 6.19. The summed E-state index contributed by atoms with van der Waals surface area (Å²) in [5, 5.41) is 4.86. The zero-order valence-electron chi connectivity index (χ0n) is 18.5. The number of aryl methyl sites for hydroxylation is 1. The minimum Gasteiger partial charge on any atom is -0.402 e. The van der Waals surface area contributed by atoms with Gasteiger partial charge in [0, 0.05) is 34.4 Å². The summed E-state index contributed by atoms with van der Waals surface area (Å²) in [5.41, 5.74) is 15.5. The van der Waals surface area contributed by atoms with Crippen LogP contribution in [0.25, 0.3) is 22.2 Å². The highest BCUT2D eigenvalue weighted by molar-refractivity contribution is 5.87. The molecule has 3 heteroatoms. The van der Waals surface area contributed by atoms with Gasteiger partial charge in [0.1, 0.15) is 0 Å². The normalized spacial score (nSPS) is 14.4. The first-order valence-electron chi connectivity index (χ1n) is 11.4. The van der Waals surface area contributed by atoms with Gasteiger partial charge in [-0.05, 0) is 85.7 Å². The molecule has 1 aromatic heterocycles. The predicted octanol–water partition coefficient (Wildman–Crippen LogP) is 6.82. The Morgan fingerprint density at radius 2 is 1.59 bits per heavy atom. The lowest BCUT2D eigenvalue weighted by molar-refractivity contribution is 0.667. The van der Waals surface area contributed by atoms with Crippen molar-refractivity contribution in [2.45, 2.75) is 32.6 Å². The van der Waals surface area contributed by atoms with Crippen LogP contribution in [-0.4, -0.2) is 4.57 Å². The second kappa shape index (κ2) is 8.80. The van der Waals surface area contributed by atoms with Crippen LogP contribution < -0.4 is 11.1 Å². The van der Waals surface area contributed by atoms with Crippen LogP contribution in [0.2, 0.25) is 0 Å². The lowest BCUT2D eigenvalue weighted by atomic mass is 9.95. The van der Waals surface area contributed by atoms with Crippen LogP contribution in [0.5, 0.6) is 0 Å². The van der Waals surface area contributed by atoms with Gasteiger partial charge in [-0.3, -0.25) is 0 Å². The molecular weight excluding hydrogens is 390 g/mol. The molecule has 0 fully saturated rings. The maximum atomic E-state index is 5.96. The fourth-order valence-corrected chi connectivity index (χ4v) is 4.74. The van der Waals surface area contributed by atoms with Crippen LogP contribution >= 0.6 is 0 Å². The molecule has 0 atom stereocenters. The summed E-state index contributed by atoms with van der Waals surface area (Å²) in [7, 11) is 0. The van der Waals surface area contributed by atoms with Gasteiger partial charge in [-0.1, -0.05) is 48.5 Å². The number of hydrogen-bond acceptors (Lipinski definition) is 2. The maximum absolute atomic E-state index is 5.96. The molecule has 1 heterocycles. The Balaban J connectivity index is 1.47. The fourth-order valence-electron chi connectivity index (χ4n) is 4.74. The smallest absolute Gasteiger partial charge is 0.0534 e. The van der Waals surface area contributed by atoms with Crippen molar-refractivity contribution >= 4 is 22.2 Å². The molecule has 32 heavy (non-hydrogen) atoms. The molecular formula is C29H29N3. The van der Waals surface area contributed by atoms with E-state index < -0.39 is 0 Å². The van der Waals surface area contributed by atoms with Crippen LogP contribution in [0.4, 0.5) is 5.69 Å². The largest absolute Gasteiger partial charge is 0.402 e. The number of para-hydroxylation sites is 1. The zero-order valence-corrected chi connectivity index (χ0v) is 18.5. The van der Waals surface area contributed by atoms with E-state index in [0.29, 0.717) is 0 Å². The minimum atomic E-state index is 0.779. The molecule has 0 spiro atoms. The van der Waals surface area contributed by atoms with E-state index >= 15 is 0 Å². The summed E-state index contributed by atoms with van der Waals surface area (Å²) in [6.07, 6.45) is 8.91. The number of anilines is 1. The molecule has 0 radical (unpaired) electrons. The molecule has 0 unspecified atom stereocenters. The van der Waals surface area contributed by atoms with E-state index in [1.54, 1.807) is 0 Å². The summed E-state index contributed by atoms with van der Waals surface area (Å²) in [4.78, 5) is 0. The summed E-state index contributed by atoms with van der Waals surface area (Å²) in [6.45, 7) is 1.91. The molecule has 3 nitrogen and oxygen atoms in total. The van der Waals surface area contributed by atoms with Crippen molar-refractivity contribution in [2.75, 3.05) is 5.32 Å². The topological polar surface area (TPSA) is 43.0 Å². The number of nitrogens with two attached hydrogens (primary N) is 1. The first-order chi connectivity index (χ1) is 15.7. The van der Waals surface area contributed by atoms with Gasteiger partial charge in [-0.2, -0.15) is 0 Å². The average Bonchev–Trinajstić information content (AvgIpc) is 3.17. The van der Waals surface area contributed by atoms with Crippen molar-refractivity contribution in [2.24, 2.45) is 5.73 Å². The third kappa shape index (κ3) is 3.94. The highest BCUT2D eigenvalue weighted by Crippen LogP contribution is 2.34. The maximum Gasteiger partial charge on any atom is 0.0534 e. The number of allylic oxidation sites excluding steroid dienone is 3. The van der Waals surface area contributed by atoms with Gasteiger partial charge in [0.15, 0.2) is 0 Å². The first-order valence-corrected chi connectivity index (χ1v) is 11.4. The van der Waals surface area contributed by atoms with E-state index in [9.17, 15) is 0 Å². The Morgan fingerprint density at radius 1 is 0.875 bits per heavy atom. The Bertz CT molecular complexity index is 1290. The van der Waals surface area contributed by atoms with Gasteiger partial charge in [-0.25, -0.2) is 0 Å². The van der Waals surface area contributed by atoms with Crippen LogP contribution in [0.3, 0.4) is 0 Å². The van der Waals surface area contributed by atoms with Crippen molar-refractivity contribution in [3.8, 4) is 5.69 Å². The number of fused-ring (bicyclic) bond motifs is 3. The van der Waals surface area contributed by atoms with E-state index in [1.165, 1.54) is 47.1 Å². The fraction of sp³-hybridized carbons (Fsp3) is 0.172. The molecule has 1 aliphatic carbocycles. The van der Waals surface area contributed by atoms with E-state index in [-0.39, 0.29) is 0 Å². The lowest BCUT2D eigenvalue weighted by Gasteiger charge is -2.16. The average molecular weight is 420 g/mol. The first kappa shape index (κ1) is 20.2. The third-order valence-electron chi connectivity index (χ3n) is 6.19. The molecule has 3 N–H and O–H groups in total. The van der Waals surface area contributed by atoms with Crippen molar-refractivity contribution in [1.29, 1.82) is 0 Å². The van der Waals surface area contributed by atoms with Crippen molar-refractivity contribution in [1.82, 2.24) is 4.57 Å². The monoisotopic (exact) mass is 419 g/mol. The molecule has 5 rings (SSSR count). The number of hydrogen-bond donors (Lipinski definition) is 2. The van der Waals surface area contributed by atoms with E-state index in [2.05, 4.69) is 70.5 Å². The molecule has 0 bridgehead atoms. The number of rotatable bonds is 5. The van der Waals surface area contributed by atoms with Gasteiger partial charge in [0.2, 0.25) is 0 Å². The van der Waals surface area contributed by atoms with Crippen LogP contribution in [-0.2, 0) is 12.8 Å². The van der Waals surface area contributed by atoms with Crippen LogP contribution in [0.1, 0.15) is 36.6 Å².